The fraction of sp³-hybridized carbons (Fsp3) is 0.226. The summed E-state index contributed by atoms with van der Waals surface area (Å²) in [4.78, 5) is 16.8. The lowest BCUT2D eigenvalue weighted by Crippen LogP contribution is -2.09. The third kappa shape index (κ3) is 6.30. The SMILES string of the molecule is CCCCc1ncc(/C=C(\Cc2ccc(OC)cc2)C(=O)O)n1Cc1ccc(-c2ccccc2)cc1. The van der Waals surface area contributed by atoms with Gasteiger partial charge in [-0.15, -0.1) is 0 Å². The minimum Gasteiger partial charge on any atom is -0.497 e. The Labute approximate surface area is 212 Å². The Kier molecular flexibility index (Phi) is 8.35. The molecule has 5 nitrogen and oxygen atoms in total. The van der Waals surface area contributed by atoms with Gasteiger partial charge in [-0.25, -0.2) is 9.78 Å². The summed E-state index contributed by atoms with van der Waals surface area (Å²) in [6.45, 7) is 2.79. The molecule has 0 aliphatic rings. The van der Waals surface area contributed by atoms with Crippen LogP contribution in [0.3, 0.4) is 0 Å². The maximum Gasteiger partial charge on any atom is 0.331 e. The van der Waals surface area contributed by atoms with Gasteiger partial charge in [0.05, 0.1) is 19.0 Å². The van der Waals surface area contributed by atoms with Gasteiger partial charge in [0.25, 0.3) is 0 Å². The number of rotatable bonds is 11. The number of benzene rings is 3. The van der Waals surface area contributed by atoms with E-state index in [1.165, 1.54) is 11.1 Å². The number of hydrogen-bond donors (Lipinski definition) is 1. The number of carboxylic acid groups (broad SMARTS) is 1. The quantitative estimate of drug-likeness (QED) is 0.244. The van der Waals surface area contributed by atoms with Gasteiger partial charge in [-0.1, -0.05) is 80.1 Å². The molecule has 0 unspecified atom stereocenters. The van der Waals surface area contributed by atoms with Crippen molar-refractivity contribution in [2.45, 2.75) is 39.2 Å². The van der Waals surface area contributed by atoms with E-state index in [9.17, 15) is 9.90 Å². The Morgan fingerprint density at radius 3 is 2.25 bits per heavy atom. The van der Waals surface area contributed by atoms with Crippen molar-refractivity contribution in [2.75, 3.05) is 7.11 Å². The molecule has 4 aromatic rings. The minimum absolute atomic E-state index is 0.320. The summed E-state index contributed by atoms with van der Waals surface area (Å²) >= 11 is 0. The summed E-state index contributed by atoms with van der Waals surface area (Å²) < 4.78 is 7.36. The fourth-order valence-electron chi connectivity index (χ4n) is 4.21. The predicted molar refractivity (Wildman–Crippen MR) is 144 cm³/mol. The van der Waals surface area contributed by atoms with E-state index in [1.807, 2.05) is 42.5 Å². The number of aromatic nitrogens is 2. The van der Waals surface area contributed by atoms with Crippen molar-refractivity contribution >= 4 is 12.0 Å². The molecule has 0 amide bonds. The van der Waals surface area contributed by atoms with Crippen LogP contribution in [-0.4, -0.2) is 27.7 Å². The summed E-state index contributed by atoms with van der Waals surface area (Å²) in [6, 6.07) is 26.3. The summed E-state index contributed by atoms with van der Waals surface area (Å²) in [6.07, 6.45) is 6.83. The average Bonchev–Trinajstić information content (AvgIpc) is 3.29. The molecule has 0 fully saturated rings. The maximum absolute atomic E-state index is 12.1. The highest BCUT2D eigenvalue weighted by molar-refractivity contribution is 5.92. The fourth-order valence-corrected chi connectivity index (χ4v) is 4.21. The summed E-state index contributed by atoms with van der Waals surface area (Å²) in [5.41, 5.74) is 5.54. The van der Waals surface area contributed by atoms with Crippen molar-refractivity contribution in [1.29, 1.82) is 0 Å². The van der Waals surface area contributed by atoms with E-state index in [0.717, 1.165) is 47.7 Å². The highest BCUT2D eigenvalue weighted by atomic mass is 16.5. The second-order valence-electron chi connectivity index (χ2n) is 8.85. The molecule has 1 aromatic heterocycles. The molecule has 4 rings (SSSR count). The zero-order chi connectivity index (χ0) is 25.3. The van der Waals surface area contributed by atoms with Crippen LogP contribution in [0.4, 0.5) is 0 Å². The van der Waals surface area contributed by atoms with Crippen LogP contribution in [0.2, 0.25) is 0 Å². The van der Waals surface area contributed by atoms with Gasteiger partial charge in [-0.3, -0.25) is 0 Å². The maximum atomic E-state index is 12.1. The first kappa shape index (κ1) is 25.0. The van der Waals surface area contributed by atoms with Crippen LogP contribution in [0.1, 0.15) is 42.4 Å². The molecule has 0 atom stereocenters. The van der Waals surface area contributed by atoms with Gasteiger partial charge in [-0.2, -0.15) is 0 Å². The molecular weight excluding hydrogens is 448 g/mol. The summed E-state index contributed by atoms with van der Waals surface area (Å²) in [7, 11) is 1.62. The molecule has 184 valence electrons. The molecule has 0 bridgehead atoms. The highest BCUT2D eigenvalue weighted by Crippen LogP contribution is 2.22. The van der Waals surface area contributed by atoms with E-state index in [-0.39, 0.29) is 0 Å². The molecule has 36 heavy (non-hydrogen) atoms. The van der Waals surface area contributed by atoms with Crippen LogP contribution < -0.4 is 4.74 Å². The van der Waals surface area contributed by atoms with E-state index < -0.39 is 5.97 Å². The number of unbranched alkanes of at least 4 members (excludes halogenated alkanes) is 1. The lowest BCUT2D eigenvalue weighted by atomic mass is 10.0. The number of carboxylic acids is 1. The Hall–Kier alpha value is -4.12. The standard InChI is InChI=1S/C31H32N2O3/c1-3-4-10-30-32-21-28(20-27(31(34)35)19-23-13-17-29(36-2)18-14-23)33(30)22-24-11-15-26(16-12-24)25-8-6-5-7-9-25/h5-9,11-18,20-21H,3-4,10,19,22H2,1-2H3,(H,34,35)/b27-20+. The Morgan fingerprint density at radius 1 is 0.944 bits per heavy atom. The third-order valence-electron chi connectivity index (χ3n) is 6.28. The van der Waals surface area contributed by atoms with Gasteiger partial charge < -0.3 is 14.4 Å². The van der Waals surface area contributed by atoms with Crippen molar-refractivity contribution in [1.82, 2.24) is 9.55 Å². The molecule has 0 aliphatic heterocycles. The molecule has 1 heterocycles. The zero-order valence-electron chi connectivity index (χ0n) is 20.9. The second-order valence-corrected chi connectivity index (χ2v) is 8.85. The van der Waals surface area contributed by atoms with Crippen LogP contribution in [0.5, 0.6) is 5.75 Å². The Balaban J connectivity index is 1.62. The molecule has 0 radical (unpaired) electrons. The normalized spacial score (nSPS) is 11.4. The monoisotopic (exact) mass is 480 g/mol. The first-order valence-electron chi connectivity index (χ1n) is 12.3. The number of aliphatic carboxylic acids is 1. The van der Waals surface area contributed by atoms with Crippen molar-refractivity contribution in [3.8, 4) is 16.9 Å². The predicted octanol–water partition coefficient (Wildman–Crippen LogP) is 6.66. The Morgan fingerprint density at radius 2 is 1.61 bits per heavy atom. The smallest absolute Gasteiger partial charge is 0.331 e. The van der Waals surface area contributed by atoms with Gasteiger partial charge >= 0.3 is 5.97 Å². The van der Waals surface area contributed by atoms with Gasteiger partial charge in [0.15, 0.2) is 0 Å². The van der Waals surface area contributed by atoms with Crippen molar-refractivity contribution in [3.63, 3.8) is 0 Å². The van der Waals surface area contributed by atoms with Crippen LogP contribution in [-0.2, 0) is 24.2 Å². The van der Waals surface area contributed by atoms with Gasteiger partial charge in [0, 0.05) is 25.0 Å². The number of hydrogen-bond acceptors (Lipinski definition) is 3. The molecule has 0 aliphatic carbocycles. The molecule has 0 spiro atoms. The molecule has 5 heteroatoms. The first-order chi connectivity index (χ1) is 17.6. The summed E-state index contributed by atoms with van der Waals surface area (Å²) in [5.74, 6) is 0.793. The number of ether oxygens (including phenoxy) is 1. The topological polar surface area (TPSA) is 64.3 Å². The van der Waals surface area contributed by atoms with E-state index in [0.29, 0.717) is 18.5 Å². The van der Waals surface area contributed by atoms with Crippen LogP contribution >= 0.6 is 0 Å². The largest absolute Gasteiger partial charge is 0.497 e. The second kappa shape index (κ2) is 12.0. The minimum atomic E-state index is -0.930. The van der Waals surface area contributed by atoms with E-state index in [1.54, 1.807) is 19.4 Å². The van der Waals surface area contributed by atoms with E-state index in [4.69, 9.17) is 4.74 Å². The first-order valence-corrected chi connectivity index (χ1v) is 12.3. The van der Waals surface area contributed by atoms with Gasteiger partial charge in [0.1, 0.15) is 11.6 Å². The molecule has 0 saturated carbocycles. The van der Waals surface area contributed by atoms with Crippen molar-refractivity contribution in [2.24, 2.45) is 0 Å². The Bertz CT molecular complexity index is 1300. The molecule has 3 aromatic carbocycles. The van der Waals surface area contributed by atoms with Crippen molar-refractivity contribution in [3.05, 3.63) is 113 Å². The number of aryl methyl sites for hydroxylation is 1. The molecular formula is C31H32N2O3. The van der Waals surface area contributed by atoms with Crippen LogP contribution in [0.25, 0.3) is 17.2 Å². The van der Waals surface area contributed by atoms with E-state index in [2.05, 4.69) is 52.9 Å². The lowest BCUT2D eigenvalue weighted by molar-refractivity contribution is -0.132. The summed E-state index contributed by atoms with van der Waals surface area (Å²) in [5, 5.41) is 9.94. The van der Waals surface area contributed by atoms with Crippen LogP contribution in [0.15, 0.2) is 90.6 Å². The van der Waals surface area contributed by atoms with Crippen LogP contribution in [0, 0.1) is 0 Å². The highest BCUT2D eigenvalue weighted by Gasteiger charge is 2.14. The number of methoxy groups -OCH3 is 1. The van der Waals surface area contributed by atoms with Gasteiger partial charge in [0.2, 0.25) is 0 Å². The molecule has 0 saturated heterocycles. The third-order valence-corrected chi connectivity index (χ3v) is 6.28. The molecule has 1 N–H and O–H groups in total. The number of carbonyl (C=O) groups is 1. The van der Waals surface area contributed by atoms with Gasteiger partial charge in [-0.05, 0) is 46.9 Å². The van der Waals surface area contributed by atoms with E-state index >= 15 is 0 Å². The average molecular weight is 481 g/mol. The number of imidazole rings is 1. The number of nitrogens with zero attached hydrogens (tertiary/aromatic N) is 2. The lowest BCUT2D eigenvalue weighted by Gasteiger charge is -2.12. The van der Waals surface area contributed by atoms with Crippen molar-refractivity contribution < 1.29 is 14.6 Å². The zero-order valence-corrected chi connectivity index (χ0v) is 20.9.